The Hall–Kier alpha value is -1.46. The third-order valence-corrected chi connectivity index (χ3v) is 3.59. The minimum atomic E-state index is 0. The zero-order chi connectivity index (χ0) is 13.9. The summed E-state index contributed by atoms with van der Waals surface area (Å²) in [6, 6.07) is 25.7. The maximum atomic E-state index is 2.20. The van der Waals surface area contributed by atoms with Crippen molar-refractivity contribution in [3.63, 3.8) is 0 Å². The molecule has 4 aromatic carbocycles. The fourth-order valence-electron chi connectivity index (χ4n) is 2.49. The normalized spacial score (nSPS) is 10.0. The molecule has 0 aromatic heterocycles. The maximum Gasteiger partial charge on any atom is 2.00 e. The molecule has 0 nitrogen and oxygen atoms in total. The first-order chi connectivity index (χ1) is 9.72. The van der Waals surface area contributed by atoms with E-state index in [1.54, 1.807) is 0 Å². The molecule has 0 N–H and O–H groups in total. The van der Waals surface area contributed by atoms with E-state index in [9.17, 15) is 0 Å². The van der Waals surface area contributed by atoms with Gasteiger partial charge < -0.3 is 0 Å². The summed E-state index contributed by atoms with van der Waals surface area (Å²) in [6.07, 6.45) is 0. The van der Waals surface area contributed by atoms with Crippen molar-refractivity contribution < 1.29 is 26.2 Å². The first-order valence-corrected chi connectivity index (χ1v) is 6.96. The van der Waals surface area contributed by atoms with Crippen LogP contribution in [0.25, 0.3) is 21.5 Å². The molecule has 0 unspecified atom stereocenters. The van der Waals surface area contributed by atoms with Gasteiger partial charge in [-0.25, -0.2) is 0 Å². The molecule has 0 fully saturated rings. The molecular weight excluding hydrogens is 331 g/mol. The van der Waals surface area contributed by atoms with Crippen LogP contribution in [0.3, 0.4) is 0 Å². The third kappa shape index (κ3) is 3.80. The molecule has 102 valence electrons. The van der Waals surface area contributed by atoms with E-state index in [4.69, 9.17) is 0 Å². The van der Waals surface area contributed by atoms with Gasteiger partial charge in [0, 0.05) is 0 Å². The summed E-state index contributed by atoms with van der Waals surface area (Å²) < 4.78 is 0. The Balaban J connectivity index is 0.000000147. The molecular formula is C20H18Zr. The van der Waals surface area contributed by atoms with Crippen LogP contribution in [0.2, 0.25) is 0 Å². The molecule has 4 aromatic rings. The van der Waals surface area contributed by atoms with Gasteiger partial charge in [-0.3, -0.25) is 0 Å². The van der Waals surface area contributed by atoms with E-state index in [1.807, 2.05) is 0 Å². The molecule has 0 spiro atoms. The van der Waals surface area contributed by atoms with Crippen molar-refractivity contribution in [1.82, 2.24) is 0 Å². The number of aryl methyl sites for hydroxylation is 2. The van der Waals surface area contributed by atoms with Crippen LogP contribution in [0.15, 0.2) is 72.8 Å². The van der Waals surface area contributed by atoms with Gasteiger partial charge in [-0.15, -0.1) is 57.9 Å². The standard InChI is InChI=1S/2C10H9.Zr/c2*1-8-5-6-9-3-2-4-10(9)7-8;/h2*2-7H,1H3;/q2*-1;+2. The van der Waals surface area contributed by atoms with Gasteiger partial charge in [-0.2, -0.15) is 24.3 Å². The summed E-state index contributed by atoms with van der Waals surface area (Å²) in [5, 5.41) is 5.37. The fourth-order valence-corrected chi connectivity index (χ4v) is 2.49. The van der Waals surface area contributed by atoms with E-state index in [2.05, 4.69) is 86.6 Å². The van der Waals surface area contributed by atoms with Gasteiger partial charge in [0.2, 0.25) is 0 Å². The van der Waals surface area contributed by atoms with Crippen molar-refractivity contribution in [2.24, 2.45) is 0 Å². The van der Waals surface area contributed by atoms with Crippen molar-refractivity contribution in [3.8, 4) is 0 Å². The number of hydrogen-bond donors (Lipinski definition) is 0. The first kappa shape index (κ1) is 15.9. The fraction of sp³-hybridized carbons (Fsp3) is 0.100. The quantitative estimate of drug-likeness (QED) is 0.356. The van der Waals surface area contributed by atoms with Crippen LogP contribution in [0.1, 0.15) is 11.1 Å². The summed E-state index contributed by atoms with van der Waals surface area (Å²) in [6.45, 7) is 4.24. The van der Waals surface area contributed by atoms with Crippen LogP contribution in [0, 0.1) is 13.8 Å². The van der Waals surface area contributed by atoms with Gasteiger partial charge in [0.15, 0.2) is 0 Å². The minimum Gasteiger partial charge on any atom is -0.168 e. The molecule has 0 saturated heterocycles. The Kier molecular flexibility index (Phi) is 5.31. The van der Waals surface area contributed by atoms with Crippen LogP contribution < -0.4 is 0 Å². The molecule has 0 aliphatic carbocycles. The Morgan fingerprint density at radius 2 is 1.05 bits per heavy atom. The van der Waals surface area contributed by atoms with Gasteiger partial charge in [0.05, 0.1) is 0 Å². The van der Waals surface area contributed by atoms with E-state index in [1.165, 1.54) is 32.7 Å². The van der Waals surface area contributed by atoms with Crippen LogP contribution >= 0.6 is 0 Å². The van der Waals surface area contributed by atoms with E-state index in [-0.39, 0.29) is 26.2 Å². The van der Waals surface area contributed by atoms with Gasteiger partial charge in [0.1, 0.15) is 0 Å². The van der Waals surface area contributed by atoms with Gasteiger partial charge >= 0.3 is 26.2 Å². The van der Waals surface area contributed by atoms with Crippen LogP contribution in [-0.2, 0) is 26.2 Å². The van der Waals surface area contributed by atoms with E-state index in [0.717, 1.165) is 0 Å². The molecule has 0 amide bonds. The largest absolute Gasteiger partial charge is 2.00 e. The summed E-state index contributed by atoms with van der Waals surface area (Å²) in [4.78, 5) is 0. The second kappa shape index (κ2) is 7.00. The Bertz CT molecular complexity index is 761. The Morgan fingerprint density at radius 3 is 1.48 bits per heavy atom. The average Bonchev–Trinajstić information content (AvgIpc) is 3.06. The zero-order valence-corrected chi connectivity index (χ0v) is 14.9. The summed E-state index contributed by atoms with van der Waals surface area (Å²) in [7, 11) is 0. The Labute approximate surface area is 145 Å². The van der Waals surface area contributed by atoms with E-state index >= 15 is 0 Å². The second-order valence-electron chi connectivity index (χ2n) is 5.32. The van der Waals surface area contributed by atoms with Crippen LogP contribution in [0.4, 0.5) is 0 Å². The Morgan fingerprint density at radius 1 is 0.619 bits per heavy atom. The number of rotatable bonds is 0. The molecule has 4 rings (SSSR count). The van der Waals surface area contributed by atoms with Crippen molar-refractivity contribution >= 4 is 21.5 Å². The average molecular weight is 350 g/mol. The molecule has 0 heterocycles. The first-order valence-electron chi connectivity index (χ1n) is 6.96. The predicted molar refractivity (Wildman–Crippen MR) is 88.6 cm³/mol. The van der Waals surface area contributed by atoms with Crippen LogP contribution in [-0.4, -0.2) is 0 Å². The molecule has 21 heavy (non-hydrogen) atoms. The van der Waals surface area contributed by atoms with Crippen molar-refractivity contribution in [1.29, 1.82) is 0 Å². The molecule has 0 aliphatic heterocycles. The third-order valence-electron chi connectivity index (χ3n) is 3.59. The zero-order valence-electron chi connectivity index (χ0n) is 12.4. The van der Waals surface area contributed by atoms with E-state index in [0.29, 0.717) is 0 Å². The van der Waals surface area contributed by atoms with Gasteiger partial charge in [-0.1, -0.05) is 23.3 Å². The maximum absolute atomic E-state index is 2.20. The van der Waals surface area contributed by atoms with E-state index < -0.39 is 0 Å². The number of fused-ring (bicyclic) bond motifs is 2. The molecule has 0 radical (unpaired) electrons. The van der Waals surface area contributed by atoms with Crippen molar-refractivity contribution in [2.75, 3.05) is 0 Å². The number of benzene rings is 2. The summed E-state index contributed by atoms with van der Waals surface area (Å²) in [5.41, 5.74) is 2.66. The van der Waals surface area contributed by atoms with Gasteiger partial charge in [0.25, 0.3) is 0 Å². The SMILES string of the molecule is Cc1ccc2cc[cH-]c2c1.Cc1ccc2cc[cH-]c2c1.[Zr+2]. The topological polar surface area (TPSA) is 0 Å². The minimum absolute atomic E-state index is 0. The van der Waals surface area contributed by atoms with Crippen LogP contribution in [0.5, 0.6) is 0 Å². The molecule has 0 saturated carbocycles. The molecule has 0 aliphatic rings. The summed E-state index contributed by atoms with van der Waals surface area (Å²) in [5.74, 6) is 0. The van der Waals surface area contributed by atoms with Gasteiger partial charge in [-0.05, 0) is 13.8 Å². The number of hydrogen-bond acceptors (Lipinski definition) is 0. The molecule has 1 heteroatoms. The second-order valence-corrected chi connectivity index (χ2v) is 5.32. The predicted octanol–water partition coefficient (Wildman–Crippen LogP) is 5.73. The molecule has 0 bridgehead atoms. The van der Waals surface area contributed by atoms with Crippen molar-refractivity contribution in [3.05, 3.63) is 83.9 Å². The molecule has 0 atom stereocenters. The summed E-state index contributed by atoms with van der Waals surface area (Å²) >= 11 is 0. The monoisotopic (exact) mass is 348 g/mol. The smallest absolute Gasteiger partial charge is 0.168 e. The van der Waals surface area contributed by atoms with Crippen molar-refractivity contribution in [2.45, 2.75) is 13.8 Å².